The van der Waals surface area contributed by atoms with Crippen molar-refractivity contribution < 1.29 is 14.3 Å². The maximum Gasteiger partial charge on any atom is 0.258 e. The summed E-state index contributed by atoms with van der Waals surface area (Å²) in [4.78, 5) is 23.2. The Morgan fingerprint density at radius 2 is 2.00 bits per heavy atom. The van der Waals surface area contributed by atoms with E-state index >= 15 is 0 Å². The number of anilines is 1. The lowest BCUT2D eigenvalue weighted by Gasteiger charge is -2.12. The molecule has 1 aromatic heterocycles. The Hall–Kier alpha value is -2.15. The highest BCUT2D eigenvalue weighted by atomic mass is 79.9. The number of fused-ring (bicyclic) bond motifs is 1. The molecular formula is C13H10BrN3O3. The number of hydrogen-bond acceptors (Lipinski definition) is 4. The van der Waals surface area contributed by atoms with Gasteiger partial charge in [-0.15, -0.1) is 0 Å². The summed E-state index contributed by atoms with van der Waals surface area (Å²) in [5.41, 5.74) is 1.42. The number of ether oxygens (including phenoxy) is 1. The van der Waals surface area contributed by atoms with Gasteiger partial charge in [0.25, 0.3) is 5.91 Å². The van der Waals surface area contributed by atoms with Crippen LogP contribution in [0.4, 0.5) is 5.82 Å². The van der Waals surface area contributed by atoms with Crippen LogP contribution in [0.1, 0.15) is 11.2 Å². The molecule has 0 spiro atoms. The van der Waals surface area contributed by atoms with Crippen molar-refractivity contribution >= 4 is 33.6 Å². The monoisotopic (exact) mass is 335 g/mol. The van der Waals surface area contributed by atoms with Gasteiger partial charge in [-0.2, -0.15) is 9.78 Å². The van der Waals surface area contributed by atoms with Gasteiger partial charge in [-0.3, -0.25) is 9.59 Å². The molecule has 0 aliphatic carbocycles. The number of nitrogens with zero attached hydrogens (tertiary/aromatic N) is 2. The molecular weight excluding hydrogens is 326 g/mol. The van der Waals surface area contributed by atoms with Crippen molar-refractivity contribution in [3.63, 3.8) is 0 Å². The van der Waals surface area contributed by atoms with Crippen molar-refractivity contribution in [3.8, 4) is 17.0 Å². The summed E-state index contributed by atoms with van der Waals surface area (Å²) < 4.78 is 6.90. The SMILES string of the molecule is COc1ccc(-c2nn3c(c2Br)NC(=O)CC3=O)cc1. The van der Waals surface area contributed by atoms with Crippen molar-refractivity contribution in [1.29, 1.82) is 0 Å². The third-order valence-electron chi connectivity index (χ3n) is 3.00. The number of halogens is 1. The molecule has 0 saturated carbocycles. The van der Waals surface area contributed by atoms with Crippen LogP contribution >= 0.6 is 15.9 Å². The van der Waals surface area contributed by atoms with Crippen LogP contribution in [0, 0.1) is 0 Å². The van der Waals surface area contributed by atoms with Crippen molar-refractivity contribution in [2.45, 2.75) is 6.42 Å². The first-order valence-corrected chi connectivity index (χ1v) is 6.65. The van der Waals surface area contributed by atoms with E-state index in [0.29, 0.717) is 16.0 Å². The number of carbonyl (C=O) groups is 2. The zero-order chi connectivity index (χ0) is 14.3. The minimum Gasteiger partial charge on any atom is -0.497 e. The van der Waals surface area contributed by atoms with Gasteiger partial charge in [-0.1, -0.05) is 0 Å². The summed E-state index contributed by atoms with van der Waals surface area (Å²) in [6.45, 7) is 0. The van der Waals surface area contributed by atoms with Crippen molar-refractivity contribution in [1.82, 2.24) is 9.78 Å². The van der Waals surface area contributed by atoms with E-state index < -0.39 is 0 Å². The normalized spacial score (nSPS) is 13.9. The van der Waals surface area contributed by atoms with Crippen LogP contribution in [0.3, 0.4) is 0 Å². The number of carbonyl (C=O) groups excluding carboxylic acids is 2. The van der Waals surface area contributed by atoms with Crippen LogP contribution in [-0.2, 0) is 4.79 Å². The molecule has 0 saturated heterocycles. The molecule has 1 N–H and O–H groups in total. The Kier molecular flexibility index (Phi) is 3.06. The molecule has 1 aliphatic heterocycles. The first-order valence-electron chi connectivity index (χ1n) is 5.86. The van der Waals surface area contributed by atoms with Gasteiger partial charge in [-0.05, 0) is 40.2 Å². The van der Waals surface area contributed by atoms with Gasteiger partial charge >= 0.3 is 0 Å². The average Bonchev–Trinajstić information content (AvgIpc) is 2.77. The van der Waals surface area contributed by atoms with Crippen LogP contribution < -0.4 is 10.1 Å². The standard InChI is InChI=1S/C13H10BrN3O3/c1-20-8-4-2-7(3-5-8)12-11(14)13-15-9(18)6-10(19)17(13)16-12/h2-5H,6H2,1H3,(H,15,18). The lowest BCUT2D eigenvalue weighted by Crippen LogP contribution is -2.29. The van der Waals surface area contributed by atoms with E-state index in [4.69, 9.17) is 4.74 Å². The van der Waals surface area contributed by atoms with Gasteiger partial charge in [0.05, 0.1) is 11.6 Å². The van der Waals surface area contributed by atoms with E-state index in [1.165, 1.54) is 4.68 Å². The third kappa shape index (κ3) is 2.00. The Morgan fingerprint density at radius 1 is 1.30 bits per heavy atom. The third-order valence-corrected chi connectivity index (χ3v) is 3.75. The molecule has 0 radical (unpaired) electrons. The lowest BCUT2D eigenvalue weighted by molar-refractivity contribution is -0.115. The molecule has 0 bridgehead atoms. The summed E-state index contributed by atoms with van der Waals surface area (Å²) in [7, 11) is 1.59. The zero-order valence-electron chi connectivity index (χ0n) is 10.5. The van der Waals surface area contributed by atoms with E-state index in [2.05, 4.69) is 26.3 Å². The molecule has 2 aromatic rings. The number of benzene rings is 1. The number of amides is 1. The second-order valence-electron chi connectivity index (χ2n) is 4.27. The van der Waals surface area contributed by atoms with Crippen molar-refractivity contribution in [2.24, 2.45) is 0 Å². The molecule has 1 aliphatic rings. The quantitative estimate of drug-likeness (QED) is 0.854. The Balaban J connectivity index is 2.09. The van der Waals surface area contributed by atoms with E-state index in [0.717, 1.165) is 11.3 Å². The van der Waals surface area contributed by atoms with E-state index in [-0.39, 0.29) is 18.2 Å². The Labute approximate surface area is 122 Å². The molecule has 3 rings (SSSR count). The average molecular weight is 336 g/mol. The fourth-order valence-electron chi connectivity index (χ4n) is 2.01. The molecule has 1 amide bonds. The predicted octanol–water partition coefficient (Wildman–Crippen LogP) is 2.30. The number of hydrogen-bond donors (Lipinski definition) is 1. The fraction of sp³-hybridized carbons (Fsp3) is 0.154. The van der Waals surface area contributed by atoms with Crippen LogP contribution in [0.15, 0.2) is 28.7 Å². The van der Waals surface area contributed by atoms with Crippen LogP contribution in [0.25, 0.3) is 11.3 Å². The molecule has 6 nitrogen and oxygen atoms in total. The van der Waals surface area contributed by atoms with Crippen molar-refractivity contribution in [2.75, 3.05) is 12.4 Å². The van der Waals surface area contributed by atoms with Gasteiger partial charge in [0.15, 0.2) is 5.82 Å². The molecule has 7 heteroatoms. The largest absolute Gasteiger partial charge is 0.497 e. The fourth-order valence-corrected chi connectivity index (χ4v) is 2.58. The highest BCUT2D eigenvalue weighted by Gasteiger charge is 2.28. The Morgan fingerprint density at radius 3 is 2.65 bits per heavy atom. The molecule has 1 aromatic carbocycles. The first kappa shape index (κ1) is 12.9. The van der Waals surface area contributed by atoms with E-state index in [1.807, 2.05) is 12.1 Å². The molecule has 102 valence electrons. The maximum atomic E-state index is 11.8. The number of nitrogens with one attached hydrogen (secondary N) is 1. The van der Waals surface area contributed by atoms with Gasteiger partial charge < -0.3 is 10.1 Å². The molecule has 20 heavy (non-hydrogen) atoms. The summed E-state index contributed by atoms with van der Waals surface area (Å²) in [5, 5.41) is 6.90. The summed E-state index contributed by atoms with van der Waals surface area (Å²) in [6.07, 6.45) is -0.191. The minimum absolute atomic E-state index is 0.191. The molecule has 0 atom stereocenters. The Bertz CT molecular complexity index is 706. The molecule has 0 fully saturated rings. The number of aromatic nitrogens is 2. The summed E-state index contributed by atoms with van der Waals surface area (Å²) in [5.74, 6) is 0.434. The van der Waals surface area contributed by atoms with E-state index in [1.54, 1.807) is 19.2 Å². The van der Waals surface area contributed by atoms with Gasteiger partial charge in [0.1, 0.15) is 17.9 Å². The highest BCUT2D eigenvalue weighted by molar-refractivity contribution is 9.10. The summed E-state index contributed by atoms with van der Waals surface area (Å²) in [6, 6.07) is 7.29. The second-order valence-corrected chi connectivity index (χ2v) is 5.06. The predicted molar refractivity (Wildman–Crippen MR) is 75.8 cm³/mol. The van der Waals surface area contributed by atoms with Gasteiger partial charge in [0, 0.05) is 5.56 Å². The maximum absolute atomic E-state index is 11.8. The minimum atomic E-state index is -0.343. The second kappa shape index (κ2) is 4.75. The number of methoxy groups -OCH3 is 1. The van der Waals surface area contributed by atoms with Gasteiger partial charge in [0.2, 0.25) is 5.91 Å². The van der Waals surface area contributed by atoms with Crippen LogP contribution in [-0.4, -0.2) is 28.7 Å². The highest BCUT2D eigenvalue weighted by Crippen LogP contribution is 2.35. The smallest absolute Gasteiger partial charge is 0.258 e. The van der Waals surface area contributed by atoms with Gasteiger partial charge in [-0.25, -0.2) is 0 Å². The van der Waals surface area contributed by atoms with Crippen LogP contribution in [0.5, 0.6) is 5.75 Å². The lowest BCUT2D eigenvalue weighted by atomic mass is 10.1. The van der Waals surface area contributed by atoms with E-state index in [9.17, 15) is 9.59 Å². The zero-order valence-corrected chi connectivity index (χ0v) is 12.1. The van der Waals surface area contributed by atoms with Crippen molar-refractivity contribution in [3.05, 3.63) is 28.7 Å². The topological polar surface area (TPSA) is 73.2 Å². The number of rotatable bonds is 2. The molecule has 2 heterocycles. The first-order chi connectivity index (χ1) is 9.60. The van der Waals surface area contributed by atoms with Crippen LogP contribution in [0.2, 0.25) is 0 Å². The molecule has 0 unspecified atom stereocenters. The summed E-state index contributed by atoms with van der Waals surface area (Å²) >= 11 is 3.38.